The Hall–Kier alpha value is -2.69. The van der Waals surface area contributed by atoms with E-state index in [4.69, 9.17) is 0 Å². The summed E-state index contributed by atoms with van der Waals surface area (Å²) in [6, 6.07) is 10.9. The quantitative estimate of drug-likeness (QED) is 0.876. The second-order valence-electron chi connectivity index (χ2n) is 4.64. The molecule has 0 radical (unpaired) electrons. The molecule has 21 heavy (non-hydrogen) atoms. The minimum absolute atomic E-state index is 0.0748. The molecule has 0 spiro atoms. The number of amides is 2. The van der Waals surface area contributed by atoms with Crippen LogP contribution in [0.15, 0.2) is 48.8 Å². The SMILES string of the molecule is CC(=O)NCc1ccc(C(=O)NCc2ccncc2)cc1. The van der Waals surface area contributed by atoms with Crippen LogP contribution in [0.5, 0.6) is 0 Å². The van der Waals surface area contributed by atoms with E-state index < -0.39 is 0 Å². The first-order valence-electron chi connectivity index (χ1n) is 6.65. The van der Waals surface area contributed by atoms with E-state index in [2.05, 4.69) is 15.6 Å². The van der Waals surface area contributed by atoms with Crippen LogP contribution in [0.4, 0.5) is 0 Å². The van der Waals surface area contributed by atoms with Gasteiger partial charge in [-0.2, -0.15) is 0 Å². The molecule has 2 N–H and O–H groups in total. The third kappa shape index (κ3) is 4.72. The highest BCUT2D eigenvalue weighted by molar-refractivity contribution is 5.94. The van der Waals surface area contributed by atoms with Crippen molar-refractivity contribution in [2.24, 2.45) is 0 Å². The number of hydrogen-bond acceptors (Lipinski definition) is 3. The van der Waals surface area contributed by atoms with Gasteiger partial charge in [-0.25, -0.2) is 0 Å². The van der Waals surface area contributed by atoms with Crippen molar-refractivity contribution in [1.29, 1.82) is 0 Å². The van der Waals surface area contributed by atoms with Gasteiger partial charge in [0.05, 0.1) is 0 Å². The third-order valence-corrected chi connectivity index (χ3v) is 2.96. The lowest BCUT2D eigenvalue weighted by atomic mass is 10.1. The molecule has 5 nitrogen and oxygen atoms in total. The molecule has 0 aliphatic carbocycles. The van der Waals surface area contributed by atoms with Crippen LogP contribution in [0.25, 0.3) is 0 Å². The summed E-state index contributed by atoms with van der Waals surface area (Å²) < 4.78 is 0. The van der Waals surface area contributed by atoms with Gasteiger partial charge in [0.1, 0.15) is 0 Å². The first kappa shape index (κ1) is 14.7. The molecule has 0 fully saturated rings. The molecule has 0 atom stereocenters. The largest absolute Gasteiger partial charge is 0.352 e. The summed E-state index contributed by atoms with van der Waals surface area (Å²) in [6.45, 7) is 2.41. The maximum Gasteiger partial charge on any atom is 0.251 e. The summed E-state index contributed by atoms with van der Waals surface area (Å²) in [5.74, 6) is -0.202. The summed E-state index contributed by atoms with van der Waals surface area (Å²) in [7, 11) is 0. The number of carbonyl (C=O) groups is 2. The third-order valence-electron chi connectivity index (χ3n) is 2.96. The van der Waals surface area contributed by atoms with Gasteiger partial charge >= 0.3 is 0 Å². The Bertz CT molecular complexity index is 609. The van der Waals surface area contributed by atoms with Crippen molar-refractivity contribution >= 4 is 11.8 Å². The zero-order valence-electron chi connectivity index (χ0n) is 11.8. The van der Waals surface area contributed by atoms with E-state index >= 15 is 0 Å². The number of rotatable bonds is 5. The number of pyridine rings is 1. The molecule has 2 amide bonds. The van der Waals surface area contributed by atoms with Crippen molar-refractivity contribution < 1.29 is 9.59 Å². The fourth-order valence-electron chi connectivity index (χ4n) is 1.79. The minimum atomic E-state index is -0.127. The van der Waals surface area contributed by atoms with Gasteiger partial charge in [-0.15, -0.1) is 0 Å². The van der Waals surface area contributed by atoms with Crippen molar-refractivity contribution in [2.75, 3.05) is 0 Å². The molecule has 2 rings (SSSR count). The Morgan fingerprint density at radius 2 is 1.48 bits per heavy atom. The topological polar surface area (TPSA) is 71.1 Å². The maximum atomic E-state index is 12.0. The first-order chi connectivity index (χ1) is 10.1. The van der Waals surface area contributed by atoms with Crippen LogP contribution in [-0.4, -0.2) is 16.8 Å². The van der Waals surface area contributed by atoms with Crippen molar-refractivity contribution in [1.82, 2.24) is 15.6 Å². The fraction of sp³-hybridized carbons (Fsp3) is 0.188. The Balaban J connectivity index is 1.89. The average Bonchev–Trinajstić information content (AvgIpc) is 2.52. The van der Waals surface area contributed by atoms with Gasteiger partial charge in [0.25, 0.3) is 5.91 Å². The highest BCUT2D eigenvalue weighted by atomic mass is 16.2. The molecule has 5 heteroatoms. The molecule has 0 bridgehead atoms. The normalized spacial score (nSPS) is 9.95. The molecule has 0 saturated carbocycles. The Kier molecular flexibility index (Phi) is 5.04. The van der Waals surface area contributed by atoms with Gasteiger partial charge in [0.15, 0.2) is 0 Å². The Morgan fingerprint density at radius 3 is 2.10 bits per heavy atom. The smallest absolute Gasteiger partial charge is 0.251 e. The van der Waals surface area contributed by atoms with E-state index in [0.29, 0.717) is 18.7 Å². The number of carbonyl (C=O) groups excluding carboxylic acids is 2. The predicted octanol–water partition coefficient (Wildman–Crippen LogP) is 1.65. The highest BCUT2D eigenvalue weighted by Gasteiger charge is 2.05. The predicted molar refractivity (Wildman–Crippen MR) is 79.4 cm³/mol. The van der Waals surface area contributed by atoms with E-state index in [1.165, 1.54) is 6.92 Å². The molecule has 1 heterocycles. The number of nitrogens with one attached hydrogen (secondary N) is 2. The molecule has 0 unspecified atom stereocenters. The first-order valence-corrected chi connectivity index (χ1v) is 6.65. The van der Waals surface area contributed by atoms with Crippen molar-refractivity contribution in [3.8, 4) is 0 Å². The van der Waals surface area contributed by atoms with Crippen LogP contribution >= 0.6 is 0 Å². The van der Waals surface area contributed by atoms with Crippen LogP contribution in [0.2, 0.25) is 0 Å². The molecular formula is C16H17N3O2. The molecule has 2 aromatic rings. The van der Waals surface area contributed by atoms with Gasteiger partial charge in [-0.05, 0) is 35.4 Å². The Labute approximate surface area is 123 Å². The van der Waals surface area contributed by atoms with Crippen LogP contribution in [0.3, 0.4) is 0 Å². The second-order valence-corrected chi connectivity index (χ2v) is 4.64. The number of benzene rings is 1. The molecule has 1 aromatic heterocycles. The number of aromatic nitrogens is 1. The highest BCUT2D eigenvalue weighted by Crippen LogP contribution is 2.05. The average molecular weight is 283 g/mol. The number of hydrogen-bond donors (Lipinski definition) is 2. The van der Waals surface area contributed by atoms with Crippen LogP contribution in [-0.2, 0) is 17.9 Å². The van der Waals surface area contributed by atoms with Crippen molar-refractivity contribution in [3.05, 3.63) is 65.5 Å². The lowest BCUT2D eigenvalue weighted by Gasteiger charge is -2.07. The minimum Gasteiger partial charge on any atom is -0.352 e. The monoisotopic (exact) mass is 283 g/mol. The lowest BCUT2D eigenvalue weighted by molar-refractivity contribution is -0.119. The van der Waals surface area contributed by atoms with Crippen molar-refractivity contribution in [3.63, 3.8) is 0 Å². The van der Waals surface area contributed by atoms with Gasteiger partial charge in [0.2, 0.25) is 5.91 Å². The second kappa shape index (κ2) is 7.19. The van der Waals surface area contributed by atoms with Crippen LogP contribution in [0, 0.1) is 0 Å². The molecule has 0 aliphatic heterocycles. The maximum absolute atomic E-state index is 12.0. The zero-order chi connectivity index (χ0) is 15.1. The van der Waals surface area contributed by atoms with Crippen LogP contribution < -0.4 is 10.6 Å². The van der Waals surface area contributed by atoms with E-state index in [9.17, 15) is 9.59 Å². The summed E-state index contributed by atoms with van der Waals surface area (Å²) in [4.78, 5) is 26.8. The standard InChI is InChI=1S/C16H17N3O2/c1-12(20)18-10-13-2-4-15(5-3-13)16(21)19-11-14-6-8-17-9-7-14/h2-9H,10-11H2,1H3,(H,18,20)(H,19,21). The Morgan fingerprint density at radius 1 is 0.905 bits per heavy atom. The molecule has 108 valence electrons. The van der Waals surface area contributed by atoms with Gasteiger partial charge in [0, 0.05) is 38.0 Å². The van der Waals surface area contributed by atoms with E-state index in [1.54, 1.807) is 24.5 Å². The van der Waals surface area contributed by atoms with E-state index in [0.717, 1.165) is 11.1 Å². The van der Waals surface area contributed by atoms with E-state index in [-0.39, 0.29) is 11.8 Å². The molecule has 0 aliphatic rings. The summed E-state index contributed by atoms with van der Waals surface area (Å²) in [6.07, 6.45) is 3.39. The van der Waals surface area contributed by atoms with Gasteiger partial charge in [-0.3, -0.25) is 14.6 Å². The number of nitrogens with zero attached hydrogens (tertiary/aromatic N) is 1. The molecule has 0 saturated heterocycles. The van der Waals surface area contributed by atoms with Gasteiger partial charge in [-0.1, -0.05) is 12.1 Å². The van der Waals surface area contributed by atoms with Gasteiger partial charge < -0.3 is 10.6 Å². The lowest BCUT2D eigenvalue weighted by Crippen LogP contribution is -2.23. The summed E-state index contributed by atoms with van der Waals surface area (Å²) in [5, 5.41) is 5.56. The summed E-state index contributed by atoms with van der Waals surface area (Å²) >= 11 is 0. The summed E-state index contributed by atoms with van der Waals surface area (Å²) in [5.41, 5.74) is 2.55. The van der Waals surface area contributed by atoms with Crippen molar-refractivity contribution in [2.45, 2.75) is 20.0 Å². The fourth-order valence-corrected chi connectivity index (χ4v) is 1.79. The van der Waals surface area contributed by atoms with Crippen LogP contribution in [0.1, 0.15) is 28.4 Å². The molecule has 1 aromatic carbocycles. The zero-order valence-corrected chi connectivity index (χ0v) is 11.8. The van der Waals surface area contributed by atoms with E-state index in [1.807, 2.05) is 24.3 Å². The molecular weight excluding hydrogens is 266 g/mol.